The van der Waals surface area contributed by atoms with Gasteiger partial charge in [-0.25, -0.2) is 0 Å². The summed E-state index contributed by atoms with van der Waals surface area (Å²) in [5.41, 5.74) is 6.64. The molecule has 0 unspecified atom stereocenters. The van der Waals surface area contributed by atoms with Crippen molar-refractivity contribution in [2.45, 2.75) is 13.3 Å². The molecule has 0 saturated carbocycles. The minimum Gasteiger partial charge on any atom is -0.496 e. The van der Waals surface area contributed by atoms with E-state index in [0.29, 0.717) is 23.5 Å². The molecule has 4 nitrogen and oxygen atoms in total. The highest BCUT2D eigenvalue weighted by Crippen LogP contribution is 2.20. The van der Waals surface area contributed by atoms with Crippen molar-refractivity contribution in [1.82, 2.24) is 5.32 Å². The Kier molecular flexibility index (Phi) is 3.97. The molecule has 82 valence electrons. The molecule has 0 saturated heterocycles. The van der Waals surface area contributed by atoms with Crippen molar-refractivity contribution in [3.8, 4) is 5.75 Å². The molecule has 1 aromatic rings. The summed E-state index contributed by atoms with van der Waals surface area (Å²) in [4.78, 5) is 11.7. The molecule has 0 atom stereocenters. The first kappa shape index (κ1) is 11.4. The fourth-order valence-electron chi connectivity index (χ4n) is 1.24. The van der Waals surface area contributed by atoms with E-state index in [4.69, 9.17) is 10.5 Å². The average Bonchev–Trinajstić information content (AvgIpc) is 2.25. The predicted octanol–water partition coefficient (Wildman–Crippen LogP) is 1.42. The lowest BCUT2D eigenvalue weighted by molar-refractivity contribution is 0.0950. The van der Waals surface area contributed by atoms with Crippen LogP contribution in [0.25, 0.3) is 0 Å². The molecule has 1 aromatic carbocycles. The van der Waals surface area contributed by atoms with Crippen LogP contribution in [0, 0.1) is 0 Å². The van der Waals surface area contributed by atoms with Gasteiger partial charge in [-0.1, -0.05) is 6.92 Å². The van der Waals surface area contributed by atoms with E-state index in [1.165, 1.54) is 7.11 Å². The summed E-state index contributed by atoms with van der Waals surface area (Å²) >= 11 is 0. The Morgan fingerprint density at radius 3 is 2.87 bits per heavy atom. The number of nitrogen functional groups attached to an aromatic ring is 1. The van der Waals surface area contributed by atoms with Gasteiger partial charge in [0.1, 0.15) is 5.75 Å². The zero-order valence-electron chi connectivity index (χ0n) is 9.04. The number of anilines is 1. The normalized spacial score (nSPS) is 9.73. The number of carbonyl (C=O) groups excluding carboxylic acids is 1. The van der Waals surface area contributed by atoms with Gasteiger partial charge in [0.25, 0.3) is 5.91 Å². The van der Waals surface area contributed by atoms with E-state index in [2.05, 4.69) is 5.32 Å². The Morgan fingerprint density at radius 2 is 2.27 bits per heavy atom. The Hall–Kier alpha value is -1.71. The van der Waals surface area contributed by atoms with Crippen molar-refractivity contribution < 1.29 is 9.53 Å². The van der Waals surface area contributed by atoms with Gasteiger partial charge in [-0.3, -0.25) is 4.79 Å². The van der Waals surface area contributed by atoms with E-state index in [9.17, 15) is 4.79 Å². The number of nitrogens with one attached hydrogen (secondary N) is 1. The second kappa shape index (κ2) is 5.24. The fraction of sp³-hybridized carbons (Fsp3) is 0.364. The lowest BCUT2D eigenvalue weighted by Gasteiger charge is -2.09. The zero-order chi connectivity index (χ0) is 11.3. The third-order valence-corrected chi connectivity index (χ3v) is 2.00. The number of methoxy groups -OCH3 is 1. The first-order valence-corrected chi connectivity index (χ1v) is 4.90. The van der Waals surface area contributed by atoms with Crippen LogP contribution in [-0.2, 0) is 0 Å². The lowest BCUT2D eigenvalue weighted by atomic mass is 10.1. The summed E-state index contributed by atoms with van der Waals surface area (Å²) in [6.45, 7) is 2.65. The Bertz CT molecular complexity index is 350. The minimum absolute atomic E-state index is 0.152. The van der Waals surface area contributed by atoms with Crippen LogP contribution in [0.15, 0.2) is 18.2 Å². The van der Waals surface area contributed by atoms with Gasteiger partial charge in [0.05, 0.1) is 12.7 Å². The highest BCUT2D eigenvalue weighted by molar-refractivity contribution is 5.97. The van der Waals surface area contributed by atoms with Gasteiger partial charge >= 0.3 is 0 Å². The number of rotatable bonds is 4. The molecular weight excluding hydrogens is 192 g/mol. The highest BCUT2D eigenvalue weighted by Gasteiger charge is 2.11. The van der Waals surface area contributed by atoms with Crippen molar-refractivity contribution in [1.29, 1.82) is 0 Å². The number of amides is 1. The van der Waals surface area contributed by atoms with Crippen LogP contribution in [-0.4, -0.2) is 19.6 Å². The number of nitrogens with two attached hydrogens (primary N) is 1. The predicted molar refractivity (Wildman–Crippen MR) is 60.0 cm³/mol. The van der Waals surface area contributed by atoms with Crippen LogP contribution in [0.4, 0.5) is 5.69 Å². The van der Waals surface area contributed by atoms with Crippen LogP contribution in [0.5, 0.6) is 5.75 Å². The first-order chi connectivity index (χ1) is 7.19. The van der Waals surface area contributed by atoms with Crippen LogP contribution >= 0.6 is 0 Å². The molecule has 0 heterocycles. The van der Waals surface area contributed by atoms with Crippen LogP contribution in [0.3, 0.4) is 0 Å². The molecule has 1 rings (SSSR count). The maximum Gasteiger partial charge on any atom is 0.255 e. The molecule has 0 spiro atoms. The molecule has 0 aliphatic heterocycles. The van der Waals surface area contributed by atoms with Crippen LogP contribution in [0.1, 0.15) is 23.7 Å². The molecular formula is C11H16N2O2. The SMILES string of the molecule is CCCNC(=O)c1cc(N)ccc1OC. The quantitative estimate of drug-likeness (QED) is 0.735. The van der Waals surface area contributed by atoms with Crippen molar-refractivity contribution in [2.24, 2.45) is 0 Å². The number of carbonyl (C=O) groups is 1. The standard InChI is InChI=1S/C11H16N2O2/c1-3-6-13-11(14)9-7-8(12)4-5-10(9)15-2/h4-5,7H,3,6,12H2,1-2H3,(H,13,14). The van der Waals surface area contributed by atoms with Gasteiger partial charge in [-0.05, 0) is 24.6 Å². The Labute approximate surface area is 89.4 Å². The monoisotopic (exact) mass is 208 g/mol. The molecule has 0 aliphatic carbocycles. The smallest absolute Gasteiger partial charge is 0.255 e. The van der Waals surface area contributed by atoms with E-state index in [0.717, 1.165) is 6.42 Å². The molecule has 1 amide bonds. The van der Waals surface area contributed by atoms with Gasteiger partial charge in [0.2, 0.25) is 0 Å². The summed E-state index contributed by atoms with van der Waals surface area (Å²) in [5.74, 6) is 0.388. The van der Waals surface area contributed by atoms with E-state index in [1.54, 1.807) is 18.2 Å². The third kappa shape index (κ3) is 2.87. The lowest BCUT2D eigenvalue weighted by Crippen LogP contribution is -2.24. The summed E-state index contributed by atoms with van der Waals surface area (Å²) in [6.07, 6.45) is 0.899. The summed E-state index contributed by atoms with van der Waals surface area (Å²) in [7, 11) is 1.53. The Morgan fingerprint density at radius 1 is 1.53 bits per heavy atom. The second-order valence-corrected chi connectivity index (χ2v) is 3.22. The largest absolute Gasteiger partial charge is 0.496 e. The molecule has 15 heavy (non-hydrogen) atoms. The van der Waals surface area contributed by atoms with Gasteiger partial charge < -0.3 is 15.8 Å². The molecule has 0 fully saturated rings. The maximum atomic E-state index is 11.7. The second-order valence-electron chi connectivity index (χ2n) is 3.22. The number of hydrogen-bond acceptors (Lipinski definition) is 3. The van der Waals surface area contributed by atoms with Gasteiger partial charge in [0.15, 0.2) is 0 Å². The molecule has 0 bridgehead atoms. The Balaban J connectivity index is 2.90. The van der Waals surface area contributed by atoms with E-state index in [-0.39, 0.29) is 5.91 Å². The fourth-order valence-corrected chi connectivity index (χ4v) is 1.24. The minimum atomic E-state index is -0.152. The molecule has 0 aliphatic rings. The van der Waals surface area contributed by atoms with E-state index >= 15 is 0 Å². The zero-order valence-corrected chi connectivity index (χ0v) is 9.04. The topological polar surface area (TPSA) is 64.4 Å². The maximum absolute atomic E-state index is 11.7. The van der Waals surface area contributed by atoms with Crippen molar-refractivity contribution in [3.05, 3.63) is 23.8 Å². The van der Waals surface area contributed by atoms with Gasteiger partial charge in [-0.2, -0.15) is 0 Å². The van der Waals surface area contributed by atoms with Crippen molar-refractivity contribution in [2.75, 3.05) is 19.4 Å². The molecule has 0 aromatic heterocycles. The average molecular weight is 208 g/mol. The van der Waals surface area contributed by atoms with Crippen LogP contribution in [0.2, 0.25) is 0 Å². The van der Waals surface area contributed by atoms with Crippen molar-refractivity contribution >= 4 is 11.6 Å². The third-order valence-electron chi connectivity index (χ3n) is 2.00. The number of ether oxygens (including phenoxy) is 1. The summed E-state index contributed by atoms with van der Waals surface area (Å²) in [6, 6.07) is 5.01. The first-order valence-electron chi connectivity index (χ1n) is 4.90. The van der Waals surface area contributed by atoms with E-state index in [1.807, 2.05) is 6.92 Å². The number of benzene rings is 1. The highest BCUT2D eigenvalue weighted by atomic mass is 16.5. The van der Waals surface area contributed by atoms with E-state index < -0.39 is 0 Å². The van der Waals surface area contributed by atoms with Gasteiger partial charge in [0, 0.05) is 12.2 Å². The summed E-state index contributed by atoms with van der Waals surface area (Å²) in [5, 5.41) is 2.78. The van der Waals surface area contributed by atoms with Gasteiger partial charge in [-0.15, -0.1) is 0 Å². The molecule has 0 radical (unpaired) electrons. The molecule has 3 N–H and O–H groups in total. The number of hydrogen-bond donors (Lipinski definition) is 2. The van der Waals surface area contributed by atoms with Crippen LogP contribution < -0.4 is 15.8 Å². The summed E-state index contributed by atoms with van der Waals surface area (Å²) < 4.78 is 5.09. The molecule has 4 heteroatoms. The van der Waals surface area contributed by atoms with Crippen molar-refractivity contribution in [3.63, 3.8) is 0 Å².